The van der Waals surface area contributed by atoms with Crippen molar-refractivity contribution in [3.05, 3.63) is 11.2 Å². The third-order valence-corrected chi connectivity index (χ3v) is 1.28. The Morgan fingerprint density at radius 3 is 3.00 bits per heavy atom. The van der Waals surface area contributed by atoms with Crippen LogP contribution in [0.4, 0.5) is 0 Å². The first-order valence-corrected chi connectivity index (χ1v) is 2.95. The molecule has 0 aromatic carbocycles. The monoisotopic (exact) mass is 115 g/mol. The molecule has 0 saturated carbocycles. The molecule has 0 radical (unpaired) electrons. The third kappa shape index (κ3) is 1.23. The minimum Gasteiger partial charge on any atom is -0.506 e. The van der Waals surface area contributed by atoms with Crippen molar-refractivity contribution < 1.29 is 5.11 Å². The summed E-state index contributed by atoms with van der Waals surface area (Å²) in [5, 5.41) is 10.3. The fourth-order valence-corrected chi connectivity index (χ4v) is 0.794. The average Bonchev–Trinajstić information content (AvgIpc) is 1.69. The lowest BCUT2D eigenvalue weighted by molar-refractivity contribution is 0.447. The number of aliphatic imine (C=N–C) groups is 1. The number of hydrogen-bond acceptors (Lipinski definition) is 3. The second-order valence-electron chi connectivity index (χ2n) is 1.15. The molecular formula is C4H5NOS. The first kappa shape index (κ1) is 4.71. The van der Waals surface area contributed by atoms with E-state index in [1.54, 1.807) is 5.41 Å². The summed E-state index contributed by atoms with van der Waals surface area (Å²) in [7, 11) is 0. The van der Waals surface area contributed by atoms with E-state index in [1.165, 1.54) is 18.0 Å². The van der Waals surface area contributed by atoms with Gasteiger partial charge in [-0.2, -0.15) is 0 Å². The predicted molar refractivity (Wildman–Crippen MR) is 31.7 cm³/mol. The number of allylic oxidation sites excluding steroid dienone is 1. The Bertz CT molecular complexity index is 119. The van der Waals surface area contributed by atoms with Crippen LogP contribution in [-0.2, 0) is 0 Å². The molecule has 0 atom stereocenters. The lowest BCUT2D eigenvalue weighted by atomic mass is 10.6. The molecule has 1 N–H and O–H groups in total. The average molecular weight is 115 g/mol. The van der Waals surface area contributed by atoms with Gasteiger partial charge in [-0.25, -0.2) is 0 Å². The summed E-state index contributed by atoms with van der Waals surface area (Å²) in [6.45, 7) is 0. The topological polar surface area (TPSA) is 32.6 Å². The SMILES string of the molecule is OC1=CSCN=C1. The van der Waals surface area contributed by atoms with Crippen molar-refractivity contribution in [2.24, 2.45) is 4.99 Å². The van der Waals surface area contributed by atoms with Crippen molar-refractivity contribution in [1.82, 2.24) is 0 Å². The van der Waals surface area contributed by atoms with Crippen molar-refractivity contribution in [2.45, 2.75) is 0 Å². The van der Waals surface area contributed by atoms with Crippen molar-refractivity contribution in [3.63, 3.8) is 0 Å². The Morgan fingerprint density at radius 2 is 2.71 bits per heavy atom. The second kappa shape index (κ2) is 2.02. The molecule has 0 amide bonds. The van der Waals surface area contributed by atoms with E-state index in [2.05, 4.69) is 4.99 Å². The zero-order chi connectivity index (χ0) is 5.11. The largest absolute Gasteiger partial charge is 0.506 e. The number of nitrogens with zero attached hydrogens (tertiary/aromatic N) is 1. The highest BCUT2D eigenvalue weighted by molar-refractivity contribution is 8.02. The van der Waals surface area contributed by atoms with E-state index in [0.29, 0.717) is 0 Å². The van der Waals surface area contributed by atoms with Crippen molar-refractivity contribution in [3.8, 4) is 0 Å². The van der Waals surface area contributed by atoms with Gasteiger partial charge in [0.15, 0.2) is 0 Å². The smallest absolute Gasteiger partial charge is 0.139 e. The van der Waals surface area contributed by atoms with Crippen LogP contribution in [0.25, 0.3) is 0 Å². The molecule has 2 nitrogen and oxygen atoms in total. The maximum Gasteiger partial charge on any atom is 0.139 e. The van der Waals surface area contributed by atoms with Crippen LogP contribution in [-0.4, -0.2) is 17.2 Å². The second-order valence-corrected chi connectivity index (χ2v) is 1.98. The molecule has 0 saturated heterocycles. The molecule has 3 heteroatoms. The first-order chi connectivity index (χ1) is 3.39. The zero-order valence-electron chi connectivity index (χ0n) is 3.66. The summed E-state index contributed by atoms with van der Waals surface area (Å²) in [6, 6.07) is 0. The highest BCUT2D eigenvalue weighted by Gasteiger charge is 1.90. The standard InChI is InChI=1S/C4H5NOS/c6-4-1-5-3-7-2-4/h1-2,6H,3H2. The van der Waals surface area contributed by atoms with Crippen LogP contribution in [0.5, 0.6) is 0 Å². The van der Waals surface area contributed by atoms with Gasteiger partial charge in [-0.3, -0.25) is 4.99 Å². The molecule has 0 aromatic rings. The Hall–Kier alpha value is -0.440. The number of thioether (sulfide) groups is 1. The van der Waals surface area contributed by atoms with E-state index in [0.717, 1.165) is 5.88 Å². The fraction of sp³-hybridized carbons (Fsp3) is 0.250. The fourth-order valence-electron chi connectivity index (χ4n) is 0.327. The van der Waals surface area contributed by atoms with E-state index in [-0.39, 0.29) is 5.76 Å². The van der Waals surface area contributed by atoms with Crippen molar-refractivity contribution in [1.29, 1.82) is 0 Å². The van der Waals surface area contributed by atoms with Crippen LogP contribution in [0, 0.1) is 0 Å². The summed E-state index contributed by atoms with van der Waals surface area (Å²) in [6.07, 6.45) is 1.45. The van der Waals surface area contributed by atoms with Crippen LogP contribution in [0.3, 0.4) is 0 Å². The van der Waals surface area contributed by atoms with Gasteiger partial charge in [0.05, 0.1) is 12.1 Å². The number of aliphatic hydroxyl groups is 1. The highest BCUT2D eigenvalue weighted by atomic mass is 32.2. The molecule has 7 heavy (non-hydrogen) atoms. The first-order valence-electron chi connectivity index (χ1n) is 1.90. The Labute approximate surface area is 46.0 Å². The molecule has 0 bridgehead atoms. The summed E-state index contributed by atoms with van der Waals surface area (Å²) < 4.78 is 0. The molecule has 38 valence electrons. The zero-order valence-corrected chi connectivity index (χ0v) is 4.48. The van der Waals surface area contributed by atoms with Gasteiger partial charge >= 0.3 is 0 Å². The van der Waals surface area contributed by atoms with E-state index in [4.69, 9.17) is 5.11 Å². The van der Waals surface area contributed by atoms with Gasteiger partial charge in [-0.05, 0) is 0 Å². The molecule has 0 aliphatic carbocycles. The highest BCUT2D eigenvalue weighted by Crippen LogP contribution is 2.08. The molecule has 1 heterocycles. The lowest BCUT2D eigenvalue weighted by Gasteiger charge is -1.95. The maximum absolute atomic E-state index is 8.60. The Balaban J connectivity index is 2.58. The lowest BCUT2D eigenvalue weighted by Crippen LogP contribution is -1.86. The summed E-state index contributed by atoms with van der Waals surface area (Å²) >= 11 is 1.49. The summed E-state index contributed by atoms with van der Waals surface area (Å²) in [5.74, 6) is 1.00. The third-order valence-electron chi connectivity index (χ3n) is 0.577. The van der Waals surface area contributed by atoms with Crippen molar-refractivity contribution >= 4 is 18.0 Å². The van der Waals surface area contributed by atoms with Crippen LogP contribution in [0.15, 0.2) is 16.2 Å². The minimum atomic E-state index is 0.260. The van der Waals surface area contributed by atoms with Gasteiger partial charge in [-0.1, -0.05) is 0 Å². The Morgan fingerprint density at radius 1 is 1.86 bits per heavy atom. The maximum atomic E-state index is 8.60. The van der Waals surface area contributed by atoms with Gasteiger partial charge in [0.2, 0.25) is 0 Å². The molecule has 0 fully saturated rings. The van der Waals surface area contributed by atoms with Crippen LogP contribution >= 0.6 is 11.8 Å². The van der Waals surface area contributed by atoms with E-state index < -0.39 is 0 Å². The van der Waals surface area contributed by atoms with Crippen LogP contribution in [0.1, 0.15) is 0 Å². The van der Waals surface area contributed by atoms with Gasteiger partial charge in [0.25, 0.3) is 0 Å². The molecule has 0 unspecified atom stereocenters. The molecule has 1 aliphatic heterocycles. The number of rotatable bonds is 0. The van der Waals surface area contributed by atoms with E-state index >= 15 is 0 Å². The molecule has 1 rings (SSSR count). The van der Waals surface area contributed by atoms with Crippen LogP contribution in [0.2, 0.25) is 0 Å². The predicted octanol–water partition coefficient (Wildman–Crippen LogP) is 1.16. The van der Waals surface area contributed by atoms with Crippen molar-refractivity contribution in [2.75, 3.05) is 5.88 Å². The quantitative estimate of drug-likeness (QED) is 0.514. The summed E-state index contributed by atoms with van der Waals surface area (Å²) in [5.41, 5.74) is 0. The normalized spacial score (nSPS) is 19.1. The minimum absolute atomic E-state index is 0.260. The number of aliphatic hydroxyl groups excluding tert-OH is 1. The number of hydrogen-bond donors (Lipinski definition) is 1. The van der Waals surface area contributed by atoms with Gasteiger partial charge in [0.1, 0.15) is 5.76 Å². The van der Waals surface area contributed by atoms with Crippen LogP contribution < -0.4 is 0 Å². The van der Waals surface area contributed by atoms with Gasteiger partial charge in [0, 0.05) is 5.41 Å². The molecular weight excluding hydrogens is 110 g/mol. The molecule has 0 spiro atoms. The molecule has 1 aliphatic rings. The summed E-state index contributed by atoms with van der Waals surface area (Å²) in [4.78, 5) is 3.78. The van der Waals surface area contributed by atoms with Gasteiger partial charge < -0.3 is 5.11 Å². The van der Waals surface area contributed by atoms with E-state index in [9.17, 15) is 0 Å². The van der Waals surface area contributed by atoms with Gasteiger partial charge in [-0.15, -0.1) is 11.8 Å². The van der Waals surface area contributed by atoms with E-state index in [1.807, 2.05) is 0 Å². The molecule has 0 aromatic heterocycles. The Kier molecular flexibility index (Phi) is 1.36.